The number of aliphatic carboxylic acids is 2. The number of nitrogens with two attached hydrogens (primary N) is 1. The van der Waals surface area contributed by atoms with E-state index in [-0.39, 0.29) is 18.2 Å². The van der Waals surface area contributed by atoms with Crippen LogP contribution in [0.5, 0.6) is 0 Å². The molecule has 0 saturated heterocycles. The van der Waals surface area contributed by atoms with Crippen molar-refractivity contribution in [1.29, 1.82) is 0 Å². The fourth-order valence-corrected chi connectivity index (χ4v) is 1.74. The fourth-order valence-electron chi connectivity index (χ4n) is 0.662. The molecule has 0 amide bonds. The molecule has 6 nitrogen and oxygen atoms in total. The molecule has 15 heavy (non-hydrogen) atoms. The topological polar surface area (TPSA) is 113 Å². The molecule has 5 N–H and O–H groups in total. The van der Waals surface area contributed by atoms with Gasteiger partial charge in [0.1, 0.15) is 12.1 Å². The highest BCUT2D eigenvalue weighted by Gasteiger charge is 2.17. The summed E-state index contributed by atoms with van der Waals surface area (Å²) in [6.45, 7) is 0. The smallest absolute Gasteiger partial charge is 0.321 e. The van der Waals surface area contributed by atoms with Crippen LogP contribution in [0.15, 0.2) is 0 Å². The molecule has 0 aliphatic carbocycles. The van der Waals surface area contributed by atoms with E-state index in [1.165, 1.54) is 18.8 Å². The minimum absolute atomic E-state index is 0. The number of thioether (sulfide) groups is 1. The molecule has 2 unspecified atom stereocenters. The SMILES string of the molecule is CNC(CSCC(N)C(=O)O)C(=O)O.Cl. The zero-order valence-corrected chi connectivity index (χ0v) is 9.81. The van der Waals surface area contributed by atoms with Crippen molar-refractivity contribution in [2.75, 3.05) is 18.6 Å². The molecule has 0 radical (unpaired) electrons. The Morgan fingerprint density at radius 1 is 1.33 bits per heavy atom. The summed E-state index contributed by atoms with van der Waals surface area (Å²) in [6.07, 6.45) is 0. The summed E-state index contributed by atoms with van der Waals surface area (Å²) in [6, 6.07) is -1.60. The lowest BCUT2D eigenvalue weighted by atomic mass is 10.3. The second-order valence-electron chi connectivity index (χ2n) is 2.66. The normalized spacial score (nSPS) is 13.7. The molecular weight excluding hydrogens is 244 g/mol. The van der Waals surface area contributed by atoms with Crippen LogP contribution >= 0.6 is 24.2 Å². The van der Waals surface area contributed by atoms with E-state index >= 15 is 0 Å². The lowest BCUT2D eigenvalue weighted by Gasteiger charge is -2.11. The number of likely N-dealkylation sites (N-methyl/N-ethyl adjacent to an activating group) is 1. The number of carboxylic acid groups (broad SMARTS) is 2. The van der Waals surface area contributed by atoms with E-state index in [0.717, 1.165) is 0 Å². The van der Waals surface area contributed by atoms with Gasteiger partial charge in [-0.1, -0.05) is 0 Å². The molecule has 0 bridgehead atoms. The van der Waals surface area contributed by atoms with Gasteiger partial charge in [-0.05, 0) is 7.05 Å². The van der Waals surface area contributed by atoms with Gasteiger partial charge in [-0.2, -0.15) is 11.8 Å². The summed E-state index contributed by atoms with van der Waals surface area (Å²) < 4.78 is 0. The minimum atomic E-state index is -1.08. The van der Waals surface area contributed by atoms with Gasteiger partial charge in [0.25, 0.3) is 0 Å². The van der Waals surface area contributed by atoms with Crippen LogP contribution in [0, 0.1) is 0 Å². The van der Waals surface area contributed by atoms with Crippen molar-refractivity contribution in [1.82, 2.24) is 5.32 Å². The summed E-state index contributed by atoms with van der Waals surface area (Å²) in [5.74, 6) is -1.52. The van der Waals surface area contributed by atoms with E-state index in [1.54, 1.807) is 0 Å². The summed E-state index contributed by atoms with van der Waals surface area (Å²) >= 11 is 1.20. The second-order valence-corrected chi connectivity index (χ2v) is 3.74. The molecule has 0 heterocycles. The van der Waals surface area contributed by atoms with Crippen LogP contribution in [0.1, 0.15) is 0 Å². The fraction of sp³-hybridized carbons (Fsp3) is 0.714. The van der Waals surface area contributed by atoms with Gasteiger partial charge in [0.05, 0.1) is 0 Å². The number of carbonyl (C=O) groups is 2. The molecule has 0 aromatic rings. The monoisotopic (exact) mass is 258 g/mol. The van der Waals surface area contributed by atoms with Gasteiger partial charge in [-0.15, -0.1) is 12.4 Å². The third-order valence-electron chi connectivity index (χ3n) is 1.55. The van der Waals surface area contributed by atoms with Crippen LogP contribution in [-0.4, -0.2) is 52.8 Å². The maximum Gasteiger partial charge on any atom is 0.321 e. The van der Waals surface area contributed by atoms with Gasteiger partial charge in [-0.25, -0.2) is 0 Å². The molecule has 0 rings (SSSR count). The van der Waals surface area contributed by atoms with Crippen LogP contribution in [0.3, 0.4) is 0 Å². The number of carboxylic acids is 2. The van der Waals surface area contributed by atoms with Crippen LogP contribution in [0.25, 0.3) is 0 Å². The summed E-state index contributed by atoms with van der Waals surface area (Å²) in [5, 5.41) is 19.7. The van der Waals surface area contributed by atoms with E-state index in [9.17, 15) is 9.59 Å². The Labute approximate surface area is 98.0 Å². The van der Waals surface area contributed by atoms with E-state index in [0.29, 0.717) is 5.75 Å². The molecule has 2 atom stereocenters. The Bertz CT molecular complexity index is 217. The van der Waals surface area contributed by atoms with Crippen LogP contribution in [-0.2, 0) is 9.59 Å². The zero-order valence-electron chi connectivity index (χ0n) is 8.17. The first-order valence-corrected chi connectivity index (χ1v) is 5.10. The summed E-state index contributed by atoms with van der Waals surface area (Å²) in [5.41, 5.74) is 5.23. The lowest BCUT2D eigenvalue weighted by Crippen LogP contribution is -2.38. The van der Waals surface area contributed by atoms with Crippen molar-refractivity contribution < 1.29 is 19.8 Å². The summed E-state index contributed by atoms with van der Waals surface area (Å²) in [4.78, 5) is 20.8. The van der Waals surface area contributed by atoms with E-state index in [1.807, 2.05) is 0 Å². The molecule has 0 aromatic carbocycles. The van der Waals surface area contributed by atoms with E-state index in [4.69, 9.17) is 15.9 Å². The molecule has 0 spiro atoms. The Kier molecular flexibility index (Phi) is 9.90. The molecule has 0 saturated carbocycles. The highest BCUT2D eigenvalue weighted by Crippen LogP contribution is 2.04. The first-order valence-electron chi connectivity index (χ1n) is 3.95. The second kappa shape index (κ2) is 8.78. The van der Waals surface area contributed by atoms with Gasteiger partial charge in [0, 0.05) is 11.5 Å². The Hall–Kier alpha value is -0.500. The van der Waals surface area contributed by atoms with Gasteiger partial charge in [-0.3, -0.25) is 9.59 Å². The Morgan fingerprint density at radius 2 is 1.87 bits per heavy atom. The van der Waals surface area contributed by atoms with Gasteiger partial charge in [0.2, 0.25) is 0 Å². The molecule has 0 aromatic heterocycles. The highest BCUT2D eigenvalue weighted by atomic mass is 35.5. The molecular formula is C7H15ClN2O4S. The summed E-state index contributed by atoms with van der Waals surface area (Å²) in [7, 11) is 1.54. The number of hydrogen-bond donors (Lipinski definition) is 4. The van der Waals surface area contributed by atoms with Gasteiger partial charge >= 0.3 is 11.9 Å². The van der Waals surface area contributed by atoms with Crippen molar-refractivity contribution >= 4 is 36.1 Å². The molecule has 8 heteroatoms. The number of hydrogen-bond acceptors (Lipinski definition) is 5. The van der Waals surface area contributed by atoms with Crippen molar-refractivity contribution in [2.45, 2.75) is 12.1 Å². The zero-order chi connectivity index (χ0) is 11.1. The van der Waals surface area contributed by atoms with Crippen LogP contribution in [0.2, 0.25) is 0 Å². The molecule has 0 aliphatic heterocycles. The maximum atomic E-state index is 10.5. The molecule has 0 fully saturated rings. The first-order chi connectivity index (χ1) is 6.49. The highest BCUT2D eigenvalue weighted by molar-refractivity contribution is 7.99. The van der Waals surface area contributed by atoms with Crippen molar-refractivity contribution in [2.24, 2.45) is 5.73 Å². The lowest BCUT2D eigenvalue weighted by molar-refractivity contribution is -0.139. The van der Waals surface area contributed by atoms with E-state index < -0.39 is 24.0 Å². The standard InChI is InChI=1S/C7H14N2O4S.ClH/c1-9-5(7(12)13)3-14-2-4(8)6(10)11;/h4-5,9H,2-3,8H2,1H3,(H,10,11)(H,12,13);1H. The average Bonchev–Trinajstić information content (AvgIpc) is 2.11. The van der Waals surface area contributed by atoms with Crippen LogP contribution < -0.4 is 11.1 Å². The Balaban J connectivity index is 0. The predicted molar refractivity (Wildman–Crippen MR) is 60.7 cm³/mol. The van der Waals surface area contributed by atoms with Crippen LogP contribution in [0.4, 0.5) is 0 Å². The average molecular weight is 259 g/mol. The van der Waals surface area contributed by atoms with E-state index in [2.05, 4.69) is 5.32 Å². The first kappa shape index (κ1) is 16.9. The number of nitrogens with one attached hydrogen (secondary N) is 1. The quantitative estimate of drug-likeness (QED) is 0.474. The Morgan fingerprint density at radius 3 is 2.20 bits per heavy atom. The third-order valence-corrected chi connectivity index (χ3v) is 2.71. The van der Waals surface area contributed by atoms with Gasteiger partial charge in [0.15, 0.2) is 0 Å². The largest absolute Gasteiger partial charge is 0.480 e. The van der Waals surface area contributed by atoms with Crippen molar-refractivity contribution in [3.8, 4) is 0 Å². The molecule has 0 aliphatic rings. The van der Waals surface area contributed by atoms with Crippen molar-refractivity contribution in [3.05, 3.63) is 0 Å². The number of halogens is 1. The predicted octanol–water partition coefficient (Wildman–Crippen LogP) is -0.774. The van der Waals surface area contributed by atoms with Crippen molar-refractivity contribution in [3.63, 3.8) is 0 Å². The molecule has 90 valence electrons. The maximum absolute atomic E-state index is 10.5. The minimum Gasteiger partial charge on any atom is -0.480 e. The van der Waals surface area contributed by atoms with Gasteiger partial charge < -0.3 is 21.3 Å². The third kappa shape index (κ3) is 7.43. The number of rotatable bonds is 7.